The van der Waals surface area contributed by atoms with Gasteiger partial charge in [0.15, 0.2) is 6.04 Å². The zero-order chi connectivity index (χ0) is 14.3. The molecule has 2 atom stereocenters. The van der Waals surface area contributed by atoms with Crippen molar-refractivity contribution in [2.24, 2.45) is 0 Å². The number of hydrogen-bond acceptors (Lipinski definition) is 4. The molecule has 0 heterocycles. The Morgan fingerprint density at radius 2 is 1.83 bits per heavy atom. The lowest BCUT2D eigenvalue weighted by atomic mass is 10.2. The summed E-state index contributed by atoms with van der Waals surface area (Å²) < 4.78 is 0. The molecular weight excluding hydrogens is 238 g/mol. The maximum absolute atomic E-state index is 11.4. The number of nitrogens with one attached hydrogen (secondary N) is 2. The van der Waals surface area contributed by atoms with Crippen LogP contribution in [-0.4, -0.2) is 65.4 Å². The summed E-state index contributed by atoms with van der Waals surface area (Å²) >= 11 is 0. The summed E-state index contributed by atoms with van der Waals surface area (Å²) in [5.74, 6) is -1.26. The van der Waals surface area contributed by atoms with Gasteiger partial charge < -0.3 is 25.7 Å². The fourth-order valence-electron chi connectivity index (χ4n) is 1.18. The third-order valence-corrected chi connectivity index (χ3v) is 2.67. The second-order valence-electron chi connectivity index (χ2n) is 4.53. The number of urea groups is 1. The quantitative estimate of drug-likeness (QED) is 0.493. The number of aliphatic carboxylic acids is 1. The molecule has 7 heteroatoms. The Labute approximate surface area is 107 Å². The molecule has 0 aliphatic rings. The Balaban J connectivity index is 4.00. The van der Waals surface area contributed by atoms with Gasteiger partial charge >= 0.3 is 12.0 Å². The molecule has 0 spiro atoms. The highest BCUT2D eigenvalue weighted by molar-refractivity contribution is 5.82. The molecule has 0 saturated heterocycles. The summed E-state index contributed by atoms with van der Waals surface area (Å²) in [6, 6.07) is -1.52. The lowest BCUT2D eigenvalue weighted by Gasteiger charge is -2.22. The van der Waals surface area contributed by atoms with Crippen LogP contribution in [0.15, 0.2) is 0 Å². The minimum absolute atomic E-state index is 0.374. The van der Waals surface area contributed by atoms with Gasteiger partial charge in [-0.05, 0) is 27.8 Å². The van der Waals surface area contributed by atoms with E-state index >= 15 is 0 Å². The second-order valence-corrected chi connectivity index (χ2v) is 4.53. The van der Waals surface area contributed by atoms with Crippen LogP contribution in [-0.2, 0) is 4.79 Å². The van der Waals surface area contributed by atoms with Crippen LogP contribution in [0.25, 0.3) is 0 Å². The number of hydrogen-bond donors (Lipinski definition) is 4. The summed E-state index contributed by atoms with van der Waals surface area (Å²) in [7, 11) is 1.93. The van der Waals surface area contributed by atoms with Crippen molar-refractivity contribution >= 4 is 12.0 Å². The van der Waals surface area contributed by atoms with E-state index in [1.54, 1.807) is 0 Å². The summed E-state index contributed by atoms with van der Waals surface area (Å²) in [4.78, 5) is 24.2. The lowest BCUT2D eigenvalue weighted by Crippen LogP contribution is -2.52. The Morgan fingerprint density at radius 1 is 1.28 bits per heavy atom. The van der Waals surface area contributed by atoms with E-state index in [0.29, 0.717) is 19.1 Å². The first-order chi connectivity index (χ1) is 8.25. The molecule has 0 fully saturated rings. The third kappa shape index (κ3) is 6.41. The van der Waals surface area contributed by atoms with Crippen molar-refractivity contribution in [2.75, 3.05) is 20.1 Å². The average molecular weight is 261 g/mol. The highest BCUT2D eigenvalue weighted by Crippen LogP contribution is 1.93. The summed E-state index contributed by atoms with van der Waals surface area (Å²) in [6.45, 7) is 6.46. The van der Waals surface area contributed by atoms with Gasteiger partial charge in [-0.25, -0.2) is 9.59 Å². The zero-order valence-corrected chi connectivity index (χ0v) is 11.3. The van der Waals surface area contributed by atoms with E-state index in [1.165, 1.54) is 6.92 Å². The molecular formula is C11H23N3O4. The first-order valence-electron chi connectivity index (χ1n) is 5.91. The van der Waals surface area contributed by atoms with E-state index in [4.69, 9.17) is 5.11 Å². The molecule has 0 aromatic heterocycles. The normalized spacial score (nSPS) is 14.4. The van der Waals surface area contributed by atoms with Crippen molar-refractivity contribution in [3.63, 3.8) is 0 Å². The SMILES string of the molecule is CC(O)C(NC(=O)NCCN(C)C(C)C)C(=O)O. The molecule has 0 radical (unpaired) electrons. The summed E-state index contributed by atoms with van der Waals surface area (Å²) in [6.07, 6.45) is -1.15. The largest absolute Gasteiger partial charge is 0.480 e. The predicted molar refractivity (Wildman–Crippen MR) is 67.4 cm³/mol. The monoisotopic (exact) mass is 261 g/mol. The maximum Gasteiger partial charge on any atom is 0.328 e. The topological polar surface area (TPSA) is 102 Å². The second kappa shape index (κ2) is 7.88. The highest BCUT2D eigenvalue weighted by Gasteiger charge is 2.24. The predicted octanol–water partition coefficient (Wildman–Crippen LogP) is -0.540. The van der Waals surface area contributed by atoms with Gasteiger partial charge in [0.05, 0.1) is 6.10 Å². The zero-order valence-electron chi connectivity index (χ0n) is 11.3. The molecule has 0 aromatic rings. The molecule has 2 unspecified atom stereocenters. The summed E-state index contributed by atoms with van der Waals surface area (Å²) in [5.41, 5.74) is 0. The van der Waals surface area contributed by atoms with Gasteiger partial charge in [0.2, 0.25) is 0 Å². The van der Waals surface area contributed by atoms with Gasteiger partial charge in [-0.2, -0.15) is 0 Å². The van der Waals surface area contributed by atoms with Crippen LogP contribution in [0.5, 0.6) is 0 Å². The molecule has 4 N–H and O–H groups in total. The van der Waals surface area contributed by atoms with E-state index in [1.807, 2.05) is 25.8 Å². The highest BCUT2D eigenvalue weighted by atomic mass is 16.4. The molecule has 0 aliphatic carbocycles. The first kappa shape index (κ1) is 16.7. The molecule has 106 valence electrons. The molecule has 18 heavy (non-hydrogen) atoms. The Morgan fingerprint density at radius 3 is 2.22 bits per heavy atom. The van der Waals surface area contributed by atoms with Gasteiger partial charge in [-0.1, -0.05) is 0 Å². The van der Waals surface area contributed by atoms with Crippen LogP contribution in [0.3, 0.4) is 0 Å². The smallest absolute Gasteiger partial charge is 0.328 e. The van der Waals surface area contributed by atoms with Gasteiger partial charge in [-0.15, -0.1) is 0 Å². The van der Waals surface area contributed by atoms with Crippen LogP contribution < -0.4 is 10.6 Å². The molecule has 0 saturated carbocycles. The lowest BCUT2D eigenvalue weighted by molar-refractivity contribution is -0.141. The number of nitrogens with zero attached hydrogens (tertiary/aromatic N) is 1. The number of carbonyl (C=O) groups excluding carboxylic acids is 1. The third-order valence-electron chi connectivity index (χ3n) is 2.67. The first-order valence-corrected chi connectivity index (χ1v) is 5.91. The fourth-order valence-corrected chi connectivity index (χ4v) is 1.18. The number of likely N-dealkylation sites (N-methyl/N-ethyl adjacent to an activating group) is 1. The van der Waals surface area contributed by atoms with E-state index in [9.17, 15) is 14.7 Å². The number of carboxylic acids is 1. The molecule has 7 nitrogen and oxygen atoms in total. The van der Waals surface area contributed by atoms with Gasteiger partial charge in [0.25, 0.3) is 0 Å². The van der Waals surface area contributed by atoms with Crippen molar-refractivity contribution in [1.29, 1.82) is 0 Å². The minimum Gasteiger partial charge on any atom is -0.480 e. The van der Waals surface area contributed by atoms with Crippen LogP contribution in [0, 0.1) is 0 Å². The van der Waals surface area contributed by atoms with Crippen molar-refractivity contribution < 1.29 is 19.8 Å². The Kier molecular flexibility index (Phi) is 7.30. The number of carbonyl (C=O) groups is 2. The van der Waals surface area contributed by atoms with Gasteiger partial charge in [-0.3, -0.25) is 0 Å². The van der Waals surface area contributed by atoms with Crippen LogP contribution in [0.4, 0.5) is 4.79 Å². The molecule has 0 rings (SSSR count). The van der Waals surface area contributed by atoms with Crippen molar-refractivity contribution in [3.8, 4) is 0 Å². The van der Waals surface area contributed by atoms with E-state index in [-0.39, 0.29) is 0 Å². The molecule has 2 amide bonds. The Bertz CT molecular complexity index is 281. The number of aliphatic hydroxyl groups excluding tert-OH is 1. The van der Waals surface area contributed by atoms with Gasteiger partial charge in [0, 0.05) is 19.1 Å². The molecule has 0 aromatic carbocycles. The summed E-state index contributed by atoms with van der Waals surface area (Å²) in [5, 5.41) is 22.7. The maximum atomic E-state index is 11.4. The van der Waals surface area contributed by atoms with Crippen LogP contribution in [0.1, 0.15) is 20.8 Å². The standard InChI is InChI=1S/C11H23N3O4/c1-7(2)14(4)6-5-12-11(18)13-9(8(3)15)10(16)17/h7-9,15H,5-6H2,1-4H3,(H,16,17)(H2,12,13,18). The average Bonchev–Trinajstić information content (AvgIpc) is 2.24. The number of carboxylic acid groups (broad SMARTS) is 1. The van der Waals surface area contributed by atoms with Crippen LogP contribution in [0.2, 0.25) is 0 Å². The van der Waals surface area contributed by atoms with Gasteiger partial charge in [0.1, 0.15) is 0 Å². The van der Waals surface area contributed by atoms with Crippen molar-refractivity contribution in [1.82, 2.24) is 15.5 Å². The number of rotatable bonds is 7. The van der Waals surface area contributed by atoms with Crippen molar-refractivity contribution in [3.05, 3.63) is 0 Å². The molecule has 0 bridgehead atoms. The number of aliphatic hydroxyl groups is 1. The Hall–Kier alpha value is -1.34. The van der Waals surface area contributed by atoms with Crippen LogP contribution >= 0.6 is 0 Å². The minimum atomic E-state index is -1.30. The van der Waals surface area contributed by atoms with Crippen molar-refractivity contribution in [2.45, 2.75) is 39.0 Å². The van der Waals surface area contributed by atoms with E-state index in [2.05, 4.69) is 10.6 Å². The molecule has 0 aliphatic heterocycles. The van der Waals surface area contributed by atoms with E-state index in [0.717, 1.165) is 0 Å². The van der Waals surface area contributed by atoms with E-state index < -0.39 is 24.1 Å². The fraction of sp³-hybridized carbons (Fsp3) is 0.818. The number of amides is 2.